The standard InChI is InChI=1S/C15H21NO3S/c1-15(2,3)20-13-8-6-12(7-9-13)16(11-17)10-4-5-14(18)19/h6-9,11H,4-5,10H2,1-3H3,(H,18,19). The molecule has 110 valence electrons. The quantitative estimate of drug-likeness (QED) is 0.618. The van der Waals surface area contributed by atoms with E-state index in [-0.39, 0.29) is 11.2 Å². The monoisotopic (exact) mass is 295 g/mol. The third-order valence-corrected chi connectivity index (χ3v) is 3.63. The maximum absolute atomic E-state index is 11.1. The predicted octanol–water partition coefficient (Wildman–Crippen LogP) is 3.40. The van der Waals surface area contributed by atoms with Gasteiger partial charge < -0.3 is 10.0 Å². The van der Waals surface area contributed by atoms with Gasteiger partial charge in [-0.2, -0.15) is 0 Å². The van der Waals surface area contributed by atoms with Crippen molar-refractivity contribution in [3.05, 3.63) is 24.3 Å². The Morgan fingerprint density at radius 1 is 1.30 bits per heavy atom. The maximum atomic E-state index is 11.1. The summed E-state index contributed by atoms with van der Waals surface area (Å²) in [6, 6.07) is 7.75. The van der Waals surface area contributed by atoms with E-state index in [0.29, 0.717) is 13.0 Å². The molecular formula is C15H21NO3S. The summed E-state index contributed by atoms with van der Waals surface area (Å²) in [5, 5.41) is 8.60. The van der Waals surface area contributed by atoms with E-state index >= 15 is 0 Å². The van der Waals surface area contributed by atoms with Gasteiger partial charge in [0.1, 0.15) is 0 Å². The molecule has 1 aromatic carbocycles. The van der Waals surface area contributed by atoms with Gasteiger partial charge in [0.2, 0.25) is 6.41 Å². The fourth-order valence-electron chi connectivity index (χ4n) is 1.70. The molecule has 0 heterocycles. The summed E-state index contributed by atoms with van der Waals surface area (Å²) in [4.78, 5) is 24.2. The number of carbonyl (C=O) groups excluding carboxylic acids is 1. The SMILES string of the molecule is CC(C)(C)Sc1ccc(N(C=O)CCCC(=O)O)cc1. The van der Waals surface area contributed by atoms with E-state index in [2.05, 4.69) is 20.8 Å². The number of nitrogens with zero attached hydrogens (tertiary/aromatic N) is 1. The Morgan fingerprint density at radius 2 is 1.90 bits per heavy atom. The molecule has 5 heteroatoms. The number of carboxylic acid groups (broad SMARTS) is 1. The number of thioether (sulfide) groups is 1. The topological polar surface area (TPSA) is 57.6 Å². The van der Waals surface area contributed by atoms with Gasteiger partial charge in [0.15, 0.2) is 0 Å². The zero-order chi connectivity index (χ0) is 15.2. The molecule has 0 atom stereocenters. The Labute approximate surface area is 124 Å². The Balaban J connectivity index is 2.65. The van der Waals surface area contributed by atoms with Gasteiger partial charge in [0.05, 0.1) is 0 Å². The lowest BCUT2D eigenvalue weighted by Crippen LogP contribution is -2.22. The van der Waals surface area contributed by atoms with Crippen LogP contribution in [-0.4, -0.2) is 28.8 Å². The fraction of sp³-hybridized carbons (Fsp3) is 0.467. The third-order valence-electron chi connectivity index (χ3n) is 2.51. The second-order valence-electron chi connectivity index (χ2n) is 5.50. The first kappa shape index (κ1) is 16.6. The lowest BCUT2D eigenvalue weighted by molar-refractivity contribution is -0.137. The second kappa shape index (κ2) is 7.33. The van der Waals surface area contributed by atoms with Crippen molar-refractivity contribution in [2.75, 3.05) is 11.4 Å². The highest BCUT2D eigenvalue weighted by Crippen LogP contribution is 2.32. The molecule has 0 aliphatic heterocycles. The smallest absolute Gasteiger partial charge is 0.303 e. The van der Waals surface area contributed by atoms with E-state index in [1.165, 1.54) is 4.90 Å². The average Bonchev–Trinajstić information content (AvgIpc) is 2.34. The van der Waals surface area contributed by atoms with Crippen molar-refractivity contribution in [2.45, 2.75) is 43.3 Å². The van der Waals surface area contributed by atoms with Crippen LogP contribution in [0.2, 0.25) is 0 Å². The molecule has 0 fully saturated rings. The molecular weight excluding hydrogens is 274 g/mol. The van der Waals surface area contributed by atoms with E-state index in [9.17, 15) is 9.59 Å². The van der Waals surface area contributed by atoms with Crippen LogP contribution < -0.4 is 4.90 Å². The van der Waals surface area contributed by atoms with Gasteiger partial charge in [-0.05, 0) is 30.7 Å². The maximum Gasteiger partial charge on any atom is 0.303 e. The average molecular weight is 295 g/mol. The van der Waals surface area contributed by atoms with Gasteiger partial charge in [-0.25, -0.2) is 0 Å². The minimum Gasteiger partial charge on any atom is -0.481 e. The van der Waals surface area contributed by atoms with Crippen molar-refractivity contribution in [1.29, 1.82) is 0 Å². The van der Waals surface area contributed by atoms with Crippen molar-refractivity contribution in [3.63, 3.8) is 0 Å². The zero-order valence-corrected chi connectivity index (χ0v) is 12.9. The number of benzene rings is 1. The molecule has 1 rings (SSSR count). The number of hydrogen-bond donors (Lipinski definition) is 1. The Hall–Kier alpha value is -1.49. The van der Waals surface area contributed by atoms with Crippen molar-refractivity contribution < 1.29 is 14.7 Å². The van der Waals surface area contributed by atoms with Crippen LogP contribution in [0.1, 0.15) is 33.6 Å². The molecule has 0 saturated heterocycles. The highest BCUT2D eigenvalue weighted by Gasteiger charge is 2.12. The van der Waals surface area contributed by atoms with Crippen LogP contribution in [0.15, 0.2) is 29.2 Å². The molecule has 0 aromatic heterocycles. The zero-order valence-electron chi connectivity index (χ0n) is 12.1. The van der Waals surface area contributed by atoms with Gasteiger partial charge in [0.25, 0.3) is 0 Å². The van der Waals surface area contributed by atoms with Crippen molar-refractivity contribution in [2.24, 2.45) is 0 Å². The number of aliphatic carboxylic acids is 1. The molecule has 0 aliphatic rings. The number of anilines is 1. The van der Waals surface area contributed by atoms with Crippen LogP contribution in [-0.2, 0) is 9.59 Å². The Morgan fingerprint density at radius 3 is 2.35 bits per heavy atom. The molecule has 1 aromatic rings. The molecule has 0 bridgehead atoms. The van der Waals surface area contributed by atoms with Crippen molar-refractivity contribution >= 4 is 29.8 Å². The predicted molar refractivity (Wildman–Crippen MR) is 82.3 cm³/mol. The number of carbonyl (C=O) groups is 2. The van der Waals surface area contributed by atoms with E-state index in [1.807, 2.05) is 24.3 Å². The summed E-state index contributed by atoms with van der Waals surface area (Å²) in [6.45, 7) is 6.86. The molecule has 4 nitrogen and oxygen atoms in total. The van der Waals surface area contributed by atoms with Crippen LogP contribution in [0, 0.1) is 0 Å². The van der Waals surface area contributed by atoms with Gasteiger partial charge >= 0.3 is 5.97 Å². The number of amides is 1. The lowest BCUT2D eigenvalue weighted by atomic mass is 10.2. The van der Waals surface area contributed by atoms with Crippen LogP contribution in [0.5, 0.6) is 0 Å². The van der Waals surface area contributed by atoms with Crippen LogP contribution in [0.4, 0.5) is 5.69 Å². The minimum absolute atomic E-state index is 0.0717. The van der Waals surface area contributed by atoms with Crippen LogP contribution in [0.3, 0.4) is 0 Å². The van der Waals surface area contributed by atoms with Gasteiger partial charge in [-0.3, -0.25) is 9.59 Å². The summed E-state index contributed by atoms with van der Waals surface area (Å²) in [7, 11) is 0. The molecule has 0 unspecified atom stereocenters. The largest absolute Gasteiger partial charge is 0.481 e. The van der Waals surface area contributed by atoms with E-state index < -0.39 is 5.97 Å². The summed E-state index contributed by atoms with van der Waals surface area (Å²) in [5.41, 5.74) is 0.795. The Kier molecular flexibility index (Phi) is 6.07. The summed E-state index contributed by atoms with van der Waals surface area (Å²) in [6.07, 6.45) is 1.27. The molecule has 0 saturated carbocycles. The van der Waals surface area contributed by atoms with Crippen LogP contribution >= 0.6 is 11.8 Å². The highest BCUT2D eigenvalue weighted by atomic mass is 32.2. The van der Waals surface area contributed by atoms with E-state index in [0.717, 1.165) is 17.0 Å². The normalized spacial score (nSPS) is 11.2. The van der Waals surface area contributed by atoms with Gasteiger partial charge in [-0.1, -0.05) is 20.8 Å². The summed E-state index contributed by atoms with van der Waals surface area (Å²) in [5.74, 6) is -0.840. The molecule has 20 heavy (non-hydrogen) atoms. The van der Waals surface area contributed by atoms with Crippen LogP contribution in [0.25, 0.3) is 0 Å². The number of hydrogen-bond acceptors (Lipinski definition) is 3. The number of rotatable bonds is 7. The first-order valence-electron chi connectivity index (χ1n) is 6.54. The highest BCUT2D eigenvalue weighted by molar-refractivity contribution is 8.00. The van der Waals surface area contributed by atoms with Gasteiger partial charge in [0, 0.05) is 28.3 Å². The third kappa shape index (κ3) is 6.10. The molecule has 0 radical (unpaired) electrons. The molecule has 0 aliphatic carbocycles. The molecule has 0 spiro atoms. The van der Waals surface area contributed by atoms with Crippen molar-refractivity contribution in [3.8, 4) is 0 Å². The number of carboxylic acids is 1. The van der Waals surface area contributed by atoms with Crippen molar-refractivity contribution in [1.82, 2.24) is 0 Å². The fourth-order valence-corrected chi connectivity index (χ4v) is 2.68. The second-order valence-corrected chi connectivity index (χ2v) is 7.40. The van der Waals surface area contributed by atoms with E-state index in [1.54, 1.807) is 11.8 Å². The molecule has 1 N–H and O–H groups in total. The van der Waals surface area contributed by atoms with E-state index in [4.69, 9.17) is 5.11 Å². The Bertz CT molecular complexity index is 451. The lowest BCUT2D eigenvalue weighted by Gasteiger charge is -2.20. The summed E-state index contributed by atoms with van der Waals surface area (Å²) >= 11 is 1.77. The summed E-state index contributed by atoms with van der Waals surface area (Å²) < 4.78 is 0.146. The molecule has 1 amide bonds. The first-order valence-corrected chi connectivity index (χ1v) is 7.36. The first-order chi connectivity index (χ1) is 9.31. The minimum atomic E-state index is -0.840. The van der Waals surface area contributed by atoms with Gasteiger partial charge in [-0.15, -0.1) is 11.8 Å².